The predicted molar refractivity (Wildman–Crippen MR) is 90.2 cm³/mol. The van der Waals surface area contributed by atoms with Crippen LogP contribution < -0.4 is 10.4 Å². The van der Waals surface area contributed by atoms with Crippen molar-refractivity contribution in [3.63, 3.8) is 0 Å². The van der Waals surface area contributed by atoms with Crippen LogP contribution in [0.2, 0.25) is 5.02 Å². The molecule has 0 spiro atoms. The first-order valence-corrected chi connectivity index (χ1v) is 8.26. The van der Waals surface area contributed by atoms with E-state index in [2.05, 4.69) is 4.90 Å². The third-order valence-electron chi connectivity index (χ3n) is 4.93. The highest BCUT2D eigenvalue weighted by atomic mass is 35.5. The van der Waals surface area contributed by atoms with Crippen LogP contribution in [0.15, 0.2) is 12.1 Å². The lowest BCUT2D eigenvalue weighted by molar-refractivity contribution is 0.00578. The summed E-state index contributed by atoms with van der Waals surface area (Å²) in [4.78, 5) is 2.06. The van der Waals surface area contributed by atoms with Gasteiger partial charge in [-0.15, -0.1) is 0 Å². The lowest BCUT2D eigenvalue weighted by Crippen LogP contribution is -2.41. The third kappa shape index (κ3) is 3.10. The molecule has 3 rings (SSSR count). The quantitative estimate of drug-likeness (QED) is 0.774. The van der Waals surface area contributed by atoms with Crippen LogP contribution >= 0.6 is 11.6 Å². The van der Waals surface area contributed by atoms with Crippen molar-refractivity contribution < 1.29 is 18.4 Å². The van der Waals surface area contributed by atoms with Gasteiger partial charge in [0.1, 0.15) is 5.82 Å². The van der Waals surface area contributed by atoms with Gasteiger partial charge < -0.3 is 18.9 Å². The van der Waals surface area contributed by atoms with Gasteiger partial charge in [0.15, 0.2) is 0 Å². The Morgan fingerprint density at radius 1 is 1.09 bits per heavy atom. The Labute approximate surface area is 142 Å². The molecule has 23 heavy (non-hydrogen) atoms. The van der Waals surface area contributed by atoms with Crippen molar-refractivity contribution in [2.75, 3.05) is 31.2 Å². The largest absolute Gasteiger partial charge is 0.499 e. The second kappa shape index (κ2) is 5.92. The minimum atomic E-state index is -0.800. The lowest BCUT2D eigenvalue weighted by Gasteiger charge is -2.32. The van der Waals surface area contributed by atoms with Crippen molar-refractivity contribution in [1.82, 2.24) is 0 Å². The molecule has 0 saturated carbocycles. The third-order valence-corrected chi connectivity index (χ3v) is 5.24. The zero-order chi connectivity index (χ0) is 16.8. The normalized spacial score (nSPS) is 23.4. The van der Waals surface area contributed by atoms with Crippen LogP contribution in [0.3, 0.4) is 0 Å². The van der Waals surface area contributed by atoms with Crippen molar-refractivity contribution in [2.45, 2.75) is 38.9 Å². The molecule has 0 bridgehead atoms. The Kier molecular flexibility index (Phi) is 4.38. The molecule has 0 aliphatic carbocycles. The summed E-state index contributed by atoms with van der Waals surface area (Å²) in [5.41, 5.74) is -0.0366. The Morgan fingerprint density at radius 3 is 2.17 bits per heavy atom. The molecule has 2 aliphatic rings. The monoisotopic (exact) mass is 341 g/mol. The van der Waals surface area contributed by atoms with E-state index in [9.17, 15) is 4.39 Å². The zero-order valence-electron chi connectivity index (χ0n) is 14.0. The van der Waals surface area contributed by atoms with Crippen LogP contribution in [0, 0.1) is 5.82 Å². The van der Waals surface area contributed by atoms with Crippen LogP contribution in [0.5, 0.6) is 0 Å². The second-order valence-corrected chi connectivity index (χ2v) is 7.42. The van der Waals surface area contributed by atoms with Crippen molar-refractivity contribution in [2.24, 2.45) is 0 Å². The van der Waals surface area contributed by atoms with Gasteiger partial charge in [0.05, 0.1) is 24.4 Å². The predicted octanol–water partition coefficient (Wildman–Crippen LogP) is 2.61. The number of nitrogens with zero attached hydrogens (tertiary/aromatic N) is 1. The van der Waals surface area contributed by atoms with E-state index < -0.39 is 24.1 Å². The highest BCUT2D eigenvalue weighted by molar-refractivity contribution is 6.65. The van der Waals surface area contributed by atoms with Crippen LogP contribution in [0.4, 0.5) is 10.1 Å². The van der Waals surface area contributed by atoms with Gasteiger partial charge >= 0.3 is 7.12 Å². The molecular formula is C16H22BClFNO3. The van der Waals surface area contributed by atoms with E-state index in [4.69, 9.17) is 25.6 Å². The number of ether oxygens (including phenoxy) is 1. The number of morpholine rings is 1. The number of benzene rings is 1. The Hall–Kier alpha value is -0.815. The summed E-state index contributed by atoms with van der Waals surface area (Å²) in [6, 6.07) is 3.27. The maximum absolute atomic E-state index is 14.7. The van der Waals surface area contributed by atoms with E-state index in [1.54, 1.807) is 6.07 Å². The van der Waals surface area contributed by atoms with Crippen molar-refractivity contribution in [3.05, 3.63) is 23.0 Å². The molecule has 126 valence electrons. The topological polar surface area (TPSA) is 30.9 Å². The maximum Gasteiger partial charge on any atom is 0.499 e. The van der Waals surface area contributed by atoms with E-state index in [1.807, 2.05) is 27.7 Å². The average molecular weight is 342 g/mol. The van der Waals surface area contributed by atoms with Crippen LogP contribution in [-0.2, 0) is 14.0 Å². The Bertz CT molecular complexity index is 566. The van der Waals surface area contributed by atoms with E-state index in [-0.39, 0.29) is 5.46 Å². The molecule has 2 fully saturated rings. The summed E-state index contributed by atoms with van der Waals surface area (Å²) in [5, 5.41) is 0.324. The lowest BCUT2D eigenvalue weighted by atomic mass is 9.78. The molecule has 2 heterocycles. The van der Waals surface area contributed by atoms with Crippen molar-refractivity contribution >= 4 is 29.9 Å². The molecule has 4 nitrogen and oxygen atoms in total. The minimum absolute atomic E-state index is 0.266. The first-order valence-electron chi connectivity index (χ1n) is 7.88. The zero-order valence-corrected chi connectivity index (χ0v) is 14.7. The van der Waals surface area contributed by atoms with E-state index in [1.165, 1.54) is 6.07 Å². The van der Waals surface area contributed by atoms with E-state index >= 15 is 0 Å². The molecule has 2 aliphatic heterocycles. The molecule has 0 aromatic heterocycles. The number of anilines is 1. The van der Waals surface area contributed by atoms with Crippen LogP contribution in [0.25, 0.3) is 0 Å². The van der Waals surface area contributed by atoms with Gasteiger partial charge in [-0.2, -0.15) is 0 Å². The molecule has 1 aromatic rings. The molecule has 0 unspecified atom stereocenters. The Morgan fingerprint density at radius 2 is 1.65 bits per heavy atom. The number of halogens is 2. The van der Waals surface area contributed by atoms with Gasteiger partial charge in [-0.25, -0.2) is 4.39 Å². The van der Waals surface area contributed by atoms with Gasteiger partial charge in [0.2, 0.25) is 0 Å². The van der Waals surface area contributed by atoms with Crippen LogP contribution in [0.1, 0.15) is 27.7 Å². The van der Waals surface area contributed by atoms with Crippen molar-refractivity contribution in [1.29, 1.82) is 0 Å². The van der Waals surface area contributed by atoms with Gasteiger partial charge in [-0.05, 0) is 39.8 Å². The first kappa shape index (κ1) is 17.0. The summed E-state index contributed by atoms with van der Waals surface area (Å²) < 4.78 is 31.9. The summed E-state index contributed by atoms with van der Waals surface area (Å²) in [5.74, 6) is -0.405. The minimum Gasteiger partial charge on any atom is -0.399 e. The van der Waals surface area contributed by atoms with Crippen LogP contribution in [-0.4, -0.2) is 44.6 Å². The SMILES string of the molecule is CC1(C)OB(c2c(F)cc(N3CCOCC3)cc2Cl)OC1(C)C. The molecule has 0 atom stereocenters. The average Bonchev–Trinajstić information content (AvgIpc) is 2.67. The summed E-state index contributed by atoms with van der Waals surface area (Å²) >= 11 is 6.36. The second-order valence-electron chi connectivity index (χ2n) is 7.01. The standard InChI is InChI=1S/C16H22BClFNO3/c1-15(2)16(3,4)23-17(22-15)14-12(18)9-11(10-13(14)19)20-5-7-21-8-6-20/h9-10H,5-8H2,1-4H3. The fourth-order valence-electron chi connectivity index (χ4n) is 2.76. The fourth-order valence-corrected chi connectivity index (χ4v) is 3.05. The highest BCUT2D eigenvalue weighted by Gasteiger charge is 2.53. The molecular weight excluding hydrogens is 319 g/mol. The fraction of sp³-hybridized carbons (Fsp3) is 0.625. The van der Waals surface area contributed by atoms with E-state index in [0.717, 1.165) is 18.8 Å². The molecule has 2 saturated heterocycles. The molecule has 1 aromatic carbocycles. The van der Waals surface area contributed by atoms with Gasteiger partial charge in [0, 0.05) is 29.3 Å². The summed E-state index contributed by atoms with van der Waals surface area (Å²) in [7, 11) is -0.800. The van der Waals surface area contributed by atoms with Gasteiger partial charge in [0.25, 0.3) is 0 Å². The molecule has 0 N–H and O–H groups in total. The molecule has 0 amide bonds. The maximum atomic E-state index is 14.7. The molecule has 0 radical (unpaired) electrons. The summed E-state index contributed by atoms with van der Waals surface area (Å²) in [6.45, 7) is 10.5. The van der Waals surface area contributed by atoms with E-state index in [0.29, 0.717) is 18.2 Å². The number of hydrogen-bond acceptors (Lipinski definition) is 4. The van der Waals surface area contributed by atoms with Crippen molar-refractivity contribution in [3.8, 4) is 0 Å². The van der Waals surface area contributed by atoms with Gasteiger partial charge in [-0.1, -0.05) is 11.6 Å². The number of hydrogen-bond donors (Lipinski definition) is 0. The number of rotatable bonds is 2. The smallest absolute Gasteiger partial charge is 0.399 e. The van der Waals surface area contributed by atoms with Gasteiger partial charge in [-0.3, -0.25) is 0 Å². The Balaban J connectivity index is 1.90. The highest BCUT2D eigenvalue weighted by Crippen LogP contribution is 2.37. The summed E-state index contributed by atoms with van der Waals surface area (Å²) in [6.07, 6.45) is 0. The first-order chi connectivity index (χ1) is 10.7. The molecule has 7 heteroatoms.